The Morgan fingerprint density at radius 1 is 1.26 bits per heavy atom. The summed E-state index contributed by atoms with van der Waals surface area (Å²) >= 11 is 3.38. The molecule has 0 aliphatic heterocycles. The zero-order valence-electron chi connectivity index (χ0n) is 12.8. The van der Waals surface area contributed by atoms with Crippen molar-refractivity contribution in [3.63, 3.8) is 0 Å². The molecule has 0 aromatic heterocycles. The Bertz CT molecular complexity index is 730. The molecule has 0 heterocycles. The molecule has 0 aliphatic rings. The third-order valence-corrected chi connectivity index (χ3v) is 3.68. The Morgan fingerprint density at radius 2 is 1.96 bits per heavy atom. The second-order valence-corrected chi connectivity index (χ2v) is 5.82. The summed E-state index contributed by atoms with van der Waals surface area (Å²) in [6, 6.07) is 11.5. The third-order valence-electron chi connectivity index (χ3n) is 3.06. The van der Waals surface area contributed by atoms with Crippen LogP contribution in [0.4, 0.5) is 4.39 Å². The van der Waals surface area contributed by atoms with E-state index < -0.39 is 0 Å². The fraction of sp³-hybridized carbons (Fsp3) is 0.176. The molecule has 6 heteroatoms. The Balaban J connectivity index is 1.89. The van der Waals surface area contributed by atoms with Gasteiger partial charge < -0.3 is 4.74 Å². The van der Waals surface area contributed by atoms with Crippen molar-refractivity contribution in [2.75, 3.05) is 6.61 Å². The fourth-order valence-corrected chi connectivity index (χ4v) is 2.41. The van der Waals surface area contributed by atoms with Crippen LogP contribution in [0.25, 0.3) is 0 Å². The van der Waals surface area contributed by atoms with Crippen molar-refractivity contribution in [2.45, 2.75) is 13.8 Å². The van der Waals surface area contributed by atoms with Gasteiger partial charge in [-0.25, -0.2) is 9.82 Å². The van der Waals surface area contributed by atoms with E-state index in [4.69, 9.17) is 4.74 Å². The van der Waals surface area contributed by atoms with Crippen LogP contribution in [0.1, 0.15) is 18.1 Å². The minimum atomic E-state index is -0.376. The summed E-state index contributed by atoms with van der Waals surface area (Å²) in [7, 11) is 0. The first-order valence-electron chi connectivity index (χ1n) is 6.94. The first kappa shape index (κ1) is 17.1. The number of rotatable bonds is 5. The van der Waals surface area contributed by atoms with E-state index >= 15 is 0 Å². The van der Waals surface area contributed by atoms with Gasteiger partial charge in [-0.1, -0.05) is 18.2 Å². The van der Waals surface area contributed by atoms with Crippen LogP contribution < -0.4 is 10.2 Å². The smallest absolute Gasteiger partial charge is 0.277 e. The summed E-state index contributed by atoms with van der Waals surface area (Å²) in [4.78, 5) is 11.8. The highest BCUT2D eigenvalue weighted by atomic mass is 79.9. The van der Waals surface area contributed by atoms with Gasteiger partial charge in [-0.2, -0.15) is 5.10 Å². The molecule has 0 atom stereocenters. The van der Waals surface area contributed by atoms with Gasteiger partial charge in [0.15, 0.2) is 6.61 Å². The molecule has 2 aromatic rings. The molecule has 0 saturated carbocycles. The van der Waals surface area contributed by atoms with Gasteiger partial charge in [-0.15, -0.1) is 0 Å². The summed E-state index contributed by atoms with van der Waals surface area (Å²) in [5.41, 5.74) is 4.81. The van der Waals surface area contributed by atoms with Crippen molar-refractivity contribution < 1.29 is 13.9 Å². The van der Waals surface area contributed by atoms with Crippen LogP contribution >= 0.6 is 15.9 Å². The maximum atomic E-state index is 12.9. The number of ether oxygens (including phenoxy) is 1. The van der Waals surface area contributed by atoms with Crippen LogP contribution in [-0.4, -0.2) is 18.2 Å². The number of amides is 1. The average molecular weight is 379 g/mol. The third kappa shape index (κ3) is 5.17. The minimum Gasteiger partial charge on any atom is -0.483 e. The standard InChI is InChI=1S/C17H16BrFN2O2/c1-11-3-8-16(15(18)9-11)23-10-17(22)21-20-12(2)13-4-6-14(19)7-5-13/h3-9H,10H2,1-2H3,(H,21,22)/b20-12+. The number of hydrazone groups is 1. The van der Waals surface area contributed by atoms with E-state index in [0.29, 0.717) is 11.5 Å². The van der Waals surface area contributed by atoms with E-state index in [1.54, 1.807) is 25.1 Å². The normalized spacial score (nSPS) is 11.2. The Labute approximate surface area is 142 Å². The monoisotopic (exact) mass is 378 g/mol. The molecule has 0 radical (unpaired) electrons. The molecule has 120 valence electrons. The van der Waals surface area contributed by atoms with Crippen LogP contribution in [0, 0.1) is 12.7 Å². The number of carbonyl (C=O) groups excluding carboxylic acids is 1. The predicted molar refractivity (Wildman–Crippen MR) is 91.1 cm³/mol. The predicted octanol–water partition coefficient (Wildman–Crippen LogP) is 3.82. The van der Waals surface area contributed by atoms with Crippen molar-refractivity contribution >= 4 is 27.5 Å². The lowest BCUT2D eigenvalue weighted by Crippen LogP contribution is -2.25. The van der Waals surface area contributed by atoms with E-state index in [-0.39, 0.29) is 18.3 Å². The van der Waals surface area contributed by atoms with E-state index in [9.17, 15) is 9.18 Å². The molecule has 1 N–H and O–H groups in total. The van der Waals surface area contributed by atoms with Crippen molar-refractivity contribution in [1.82, 2.24) is 5.43 Å². The van der Waals surface area contributed by atoms with Crippen molar-refractivity contribution in [3.8, 4) is 5.75 Å². The highest BCUT2D eigenvalue weighted by molar-refractivity contribution is 9.10. The van der Waals surface area contributed by atoms with Crippen LogP contribution in [-0.2, 0) is 4.79 Å². The SMILES string of the molecule is C/C(=N\NC(=O)COc1ccc(C)cc1Br)c1ccc(F)cc1. The Hall–Kier alpha value is -2.21. The molecule has 23 heavy (non-hydrogen) atoms. The van der Waals surface area contributed by atoms with Gasteiger partial charge in [0.25, 0.3) is 5.91 Å². The van der Waals surface area contributed by atoms with Gasteiger partial charge in [-0.05, 0) is 65.2 Å². The lowest BCUT2D eigenvalue weighted by atomic mass is 10.1. The molecule has 1 amide bonds. The lowest BCUT2D eigenvalue weighted by Gasteiger charge is -2.08. The average Bonchev–Trinajstić information content (AvgIpc) is 2.52. The van der Waals surface area contributed by atoms with Crippen LogP contribution in [0.3, 0.4) is 0 Å². The van der Waals surface area contributed by atoms with Crippen molar-refractivity contribution in [2.24, 2.45) is 5.10 Å². The maximum Gasteiger partial charge on any atom is 0.277 e. The molecule has 2 aromatic carbocycles. The van der Waals surface area contributed by atoms with Gasteiger partial charge in [0, 0.05) is 0 Å². The van der Waals surface area contributed by atoms with Crippen LogP contribution in [0.15, 0.2) is 52.0 Å². The van der Waals surface area contributed by atoms with Gasteiger partial charge in [0.2, 0.25) is 0 Å². The number of nitrogens with one attached hydrogen (secondary N) is 1. The first-order chi connectivity index (χ1) is 11.0. The number of aryl methyl sites for hydroxylation is 1. The Kier molecular flexibility index (Phi) is 5.87. The van der Waals surface area contributed by atoms with E-state index in [1.807, 2.05) is 19.1 Å². The second-order valence-electron chi connectivity index (χ2n) is 4.96. The molecular weight excluding hydrogens is 363 g/mol. The number of halogens is 2. The summed E-state index contributed by atoms with van der Waals surface area (Å²) in [5.74, 6) is -0.105. The largest absolute Gasteiger partial charge is 0.483 e. The highest BCUT2D eigenvalue weighted by Gasteiger charge is 2.06. The van der Waals surface area contributed by atoms with Crippen molar-refractivity contribution in [1.29, 1.82) is 0 Å². The number of benzene rings is 2. The van der Waals surface area contributed by atoms with E-state index in [0.717, 1.165) is 15.6 Å². The van der Waals surface area contributed by atoms with E-state index in [1.165, 1.54) is 12.1 Å². The number of hydrogen-bond acceptors (Lipinski definition) is 3. The van der Waals surface area contributed by atoms with Crippen LogP contribution in [0.2, 0.25) is 0 Å². The minimum absolute atomic E-state index is 0.151. The molecule has 0 bridgehead atoms. The Morgan fingerprint density at radius 3 is 2.61 bits per heavy atom. The zero-order valence-corrected chi connectivity index (χ0v) is 14.4. The molecular formula is C17H16BrFN2O2. The van der Waals surface area contributed by atoms with Crippen LogP contribution in [0.5, 0.6) is 5.75 Å². The fourth-order valence-electron chi connectivity index (χ4n) is 1.80. The van der Waals surface area contributed by atoms with Gasteiger partial charge >= 0.3 is 0 Å². The highest BCUT2D eigenvalue weighted by Crippen LogP contribution is 2.25. The number of nitrogens with zero attached hydrogens (tertiary/aromatic N) is 1. The summed E-state index contributed by atoms with van der Waals surface area (Å²) in [5, 5.41) is 3.98. The lowest BCUT2D eigenvalue weighted by molar-refractivity contribution is -0.123. The summed E-state index contributed by atoms with van der Waals surface area (Å²) in [6.45, 7) is 3.54. The molecule has 0 unspecified atom stereocenters. The molecule has 0 saturated heterocycles. The molecule has 4 nitrogen and oxygen atoms in total. The van der Waals surface area contributed by atoms with Gasteiger partial charge in [-0.3, -0.25) is 4.79 Å². The summed E-state index contributed by atoms with van der Waals surface area (Å²) < 4.78 is 19.1. The first-order valence-corrected chi connectivity index (χ1v) is 7.73. The maximum absolute atomic E-state index is 12.9. The number of carbonyl (C=O) groups is 1. The van der Waals surface area contributed by atoms with Crippen molar-refractivity contribution in [3.05, 3.63) is 63.9 Å². The molecule has 0 spiro atoms. The molecule has 0 fully saturated rings. The van der Waals surface area contributed by atoms with Gasteiger partial charge in [0.1, 0.15) is 11.6 Å². The molecule has 2 rings (SSSR count). The zero-order chi connectivity index (χ0) is 16.8. The number of hydrogen-bond donors (Lipinski definition) is 1. The quantitative estimate of drug-likeness (QED) is 0.635. The van der Waals surface area contributed by atoms with Gasteiger partial charge in [0.05, 0.1) is 10.2 Å². The summed E-state index contributed by atoms with van der Waals surface area (Å²) in [6.07, 6.45) is 0. The molecule has 0 aliphatic carbocycles. The second kappa shape index (κ2) is 7.87. The van der Waals surface area contributed by atoms with E-state index in [2.05, 4.69) is 26.5 Å². The topological polar surface area (TPSA) is 50.7 Å².